The van der Waals surface area contributed by atoms with Crippen LogP contribution in [0.3, 0.4) is 0 Å². The Kier molecular flexibility index (Phi) is 4.42. The van der Waals surface area contributed by atoms with E-state index in [0.29, 0.717) is 0 Å². The predicted octanol–water partition coefficient (Wildman–Crippen LogP) is 3.09. The van der Waals surface area contributed by atoms with Gasteiger partial charge in [0.25, 0.3) is 0 Å². The van der Waals surface area contributed by atoms with Crippen molar-refractivity contribution in [3.05, 3.63) is 48.0 Å². The maximum absolute atomic E-state index is 5.41. The van der Waals surface area contributed by atoms with Gasteiger partial charge in [-0.25, -0.2) is 0 Å². The van der Waals surface area contributed by atoms with Crippen LogP contribution in [0.25, 0.3) is 11.1 Å². The van der Waals surface area contributed by atoms with Crippen LogP contribution in [0.1, 0.15) is 5.56 Å². The number of nitrogens with one attached hydrogen (secondary N) is 1. The van der Waals surface area contributed by atoms with Gasteiger partial charge in [-0.15, -0.1) is 0 Å². The van der Waals surface area contributed by atoms with Crippen LogP contribution in [0.2, 0.25) is 0 Å². The molecule has 3 heteroatoms. The van der Waals surface area contributed by atoms with Crippen molar-refractivity contribution in [2.75, 3.05) is 21.3 Å². The summed E-state index contributed by atoms with van der Waals surface area (Å²) in [6.07, 6.45) is 0. The molecule has 0 atom stereocenters. The quantitative estimate of drug-likeness (QED) is 0.893. The summed E-state index contributed by atoms with van der Waals surface area (Å²) in [5.41, 5.74) is 3.42. The molecule has 0 bridgehead atoms. The third-order valence-electron chi connectivity index (χ3n) is 3.05. The van der Waals surface area contributed by atoms with Crippen molar-refractivity contribution >= 4 is 0 Å². The lowest BCUT2D eigenvalue weighted by molar-refractivity contribution is 0.404. The monoisotopic (exact) mass is 257 g/mol. The highest BCUT2D eigenvalue weighted by atomic mass is 16.5. The maximum Gasteiger partial charge on any atom is 0.126 e. The van der Waals surface area contributed by atoms with Crippen molar-refractivity contribution in [2.24, 2.45) is 0 Å². The van der Waals surface area contributed by atoms with E-state index in [2.05, 4.69) is 29.6 Å². The minimum absolute atomic E-state index is 0.829. The summed E-state index contributed by atoms with van der Waals surface area (Å²) in [6, 6.07) is 14.3. The lowest BCUT2D eigenvalue weighted by Gasteiger charge is -2.11. The Bertz CT molecular complexity index is 535. The second-order valence-electron chi connectivity index (χ2n) is 4.29. The van der Waals surface area contributed by atoms with E-state index >= 15 is 0 Å². The smallest absolute Gasteiger partial charge is 0.126 e. The van der Waals surface area contributed by atoms with E-state index in [4.69, 9.17) is 9.47 Å². The predicted molar refractivity (Wildman–Crippen MR) is 77.7 cm³/mol. The first kappa shape index (κ1) is 13.4. The standard InChI is InChI=1S/C16H19NO2/c1-17-11-12-4-6-13(7-5-12)15-10-14(18-2)8-9-16(15)19-3/h4-10,17H,11H2,1-3H3. The number of hydrogen-bond acceptors (Lipinski definition) is 3. The van der Waals surface area contributed by atoms with Crippen LogP contribution in [-0.2, 0) is 6.54 Å². The maximum atomic E-state index is 5.41. The fourth-order valence-electron chi connectivity index (χ4n) is 2.05. The van der Waals surface area contributed by atoms with Gasteiger partial charge in [0.1, 0.15) is 11.5 Å². The normalized spacial score (nSPS) is 10.3. The van der Waals surface area contributed by atoms with Crippen LogP contribution >= 0.6 is 0 Å². The minimum atomic E-state index is 0.829. The largest absolute Gasteiger partial charge is 0.497 e. The molecule has 0 aliphatic heterocycles. The zero-order valence-corrected chi connectivity index (χ0v) is 11.6. The summed E-state index contributed by atoms with van der Waals surface area (Å²) in [5, 5.41) is 3.14. The first-order valence-electron chi connectivity index (χ1n) is 6.24. The fraction of sp³-hybridized carbons (Fsp3) is 0.250. The van der Waals surface area contributed by atoms with Gasteiger partial charge in [0.2, 0.25) is 0 Å². The molecule has 0 aromatic heterocycles. The van der Waals surface area contributed by atoms with E-state index in [1.165, 1.54) is 5.56 Å². The van der Waals surface area contributed by atoms with E-state index in [1.807, 2.05) is 25.2 Å². The van der Waals surface area contributed by atoms with Crippen LogP contribution in [0.15, 0.2) is 42.5 Å². The molecule has 0 heterocycles. The molecule has 2 rings (SSSR count). The highest BCUT2D eigenvalue weighted by molar-refractivity contribution is 5.72. The van der Waals surface area contributed by atoms with E-state index in [1.54, 1.807) is 14.2 Å². The molecule has 2 aromatic carbocycles. The Labute approximate surface area is 114 Å². The van der Waals surface area contributed by atoms with Gasteiger partial charge in [-0.2, -0.15) is 0 Å². The Hall–Kier alpha value is -2.00. The third kappa shape index (κ3) is 3.06. The molecule has 19 heavy (non-hydrogen) atoms. The van der Waals surface area contributed by atoms with Crippen molar-refractivity contribution in [1.29, 1.82) is 0 Å². The molecule has 0 saturated heterocycles. The average molecular weight is 257 g/mol. The van der Waals surface area contributed by atoms with Crippen LogP contribution in [0.5, 0.6) is 11.5 Å². The SMILES string of the molecule is CNCc1ccc(-c2cc(OC)ccc2OC)cc1. The van der Waals surface area contributed by atoms with E-state index in [9.17, 15) is 0 Å². The van der Waals surface area contributed by atoms with Gasteiger partial charge in [0, 0.05) is 12.1 Å². The lowest BCUT2D eigenvalue weighted by atomic mass is 10.0. The average Bonchev–Trinajstić information content (AvgIpc) is 2.47. The Morgan fingerprint density at radius 3 is 2.26 bits per heavy atom. The Balaban J connectivity index is 2.38. The highest BCUT2D eigenvalue weighted by Gasteiger charge is 2.07. The molecule has 0 saturated carbocycles. The van der Waals surface area contributed by atoms with E-state index in [-0.39, 0.29) is 0 Å². The third-order valence-corrected chi connectivity index (χ3v) is 3.05. The molecule has 0 unspecified atom stereocenters. The number of methoxy groups -OCH3 is 2. The molecule has 1 N–H and O–H groups in total. The van der Waals surface area contributed by atoms with Crippen LogP contribution in [0, 0.1) is 0 Å². The highest BCUT2D eigenvalue weighted by Crippen LogP contribution is 2.33. The summed E-state index contributed by atoms with van der Waals surface area (Å²) < 4.78 is 10.7. The van der Waals surface area contributed by atoms with Crippen LogP contribution in [-0.4, -0.2) is 21.3 Å². The molecule has 0 aliphatic carbocycles. The van der Waals surface area contributed by atoms with Crippen LogP contribution < -0.4 is 14.8 Å². The van der Waals surface area contributed by atoms with Gasteiger partial charge in [-0.1, -0.05) is 24.3 Å². The fourth-order valence-corrected chi connectivity index (χ4v) is 2.05. The molecule has 0 radical (unpaired) electrons. The number of benzene rings is 2. The summed E-state index contributed by atoms with van der Waals surface area (Å²) in [5.74, 6) is 1.68. The molecular weight excluding hydrogens is 238 g/mol. The van der Waals surface area contributed by atoms with E-state index < -0.39 is 0 Å². The van der Waals surface area contributed by atoms with Crippen molar-refractivity contribution in [1.82, 2.24) is 5.32 Å². The molecule has 100 valence electrons. The van der Waals surface area contributed by atoms with Gasteiger partial charge < -0.3 is 14.8 Å². The van der Waals surface area contributed by atoms with Gasteiger partial charge in [-0.05, 0) is 36.4 Å². The lowest BCUT2D eigenvalue weighted by Crippen LogP contribution is -2.04. The van der Waals surface area contributed by atoms with Crippen molar-refractivity contribution in [3.8, 4) is 22.6 Å². The number of ether oxygens (including phenoxy) is 2. The second kappa shape index (κ2) is 6.25. The van der Waals surface area contributed by atoms with E-state index in [0.717, 1.165) is 29.2 Å². The summed E-state index contributed by atoms with van der Waals surface area (Å²) >= 11 is 0. The zero-order valence-electron chi connectivity index (χ0n) is 11.6. The summed E-state index contributed by atoms with van der Waals surface area (Å²) in [6.45, 7) is 0.871. The molecule has 0 spiro atoms. The Morgan fingerprint density at radius 2 is 1.68 bits per heavy atom. The zero-order chi connectivity index (χ0) is 13.7. The van der Waals surface area contributed by atoms with Gasteiger partial charge in [0.05, 0.1) is 14.2 Å². The number of hydrogen-bond donors (Lipinski definition) is 1. The summed E-state index contributed by atoms with van der Waals surface area (Å²) in [4.78, 5) is 0. The Morgan fingerprint density at radius 1 is 0.947 bits per heavy atom. The molecule has 3 nitrogen and oxygen atoms in total. The molecular formula is C16H19NO2. The second-order valence-corrected chi connectivity index (χ2v) is 4.29. The topological polar surface area (TPSA) is 30.5 Å². The van der Waals surface area contributed by atoms with Crippen molar-refractivity contribution < 1.29 is 9.47 Å². The molecule has 0 fully saturated rings. The molecule has 0 aliphatic rings. The van der Waals surface area contributed by atoms with Crippen molar-refractivity contribution in [2.45, 2.75) is 6.54 Å². The first-order chi connectivity index (χ1) is 9.28. The van der Waals surface area contributed by atoms with Gasteiger partial charge in [-0.3, -0.25) is 0 Å². The number of rotatable bonds is 5. The first-order valence-corrected chi connectivity index (χ1v) is 6.24. The van der Waals surface area contributed by atoms with Crippen molar-refractivity contribution in [3.63, 3.8) is 0 Å². The molecule has 2 aromatic rings. The van der Waals surface area contributed by atoms with Gasteiger partial charge in [0.15, 0.2) is 0 Å². The van der Waals surface area contributed by atoms with Crippen LogP contribution in [0.4, 0.5) is 0 Å². The summed E-state index contributed by atoms with van der Waals surface area (Å²) in [7, 11) is 5.29. The van der Waals surface area contributed by atoms with Gasteiger partial charge >= 0.3 is 0 Å². The minimum Gasteiger partial charge on any atom is -0.497 e. The molecule has 0 amide bonds.